The fraction of sp³-hybridized carbons (Fsp3) is 0. The van der Waals surface area contributed by atoms with Gasteiger partial charge in [-0.15, -0.1) is 75.1 Å². The Morgan fingerprint density at radius 1 is 0.500 bits per heavy atom. The second-order valence-corrected chi connectivity index (χ2v) is 7.43. The fourth-order valence-corrected chi connectivity index (χ4v) is 3.63. The minimum atomic E-state index is 0. The SMILES string of the molecule is [CH-]=C(c1ccccc1)c1ccccc1.[CH3-].[Zr+4].c1cc[cH-]c1.c1ccc2c(c1)[cH-]c1ccccc12. The van der Waals surface area contributed by atoms with Crippen molar-refractivity contribution in [1.29, 1.82) is 0 Å². The zero-order chi connectivity index (χ0) is 22.0. The van der Waals surface area contributed by atoms with E-state index in [1.54, 1.807) is 0 Å². The van der Waals surface area contributed by atoms with Crippen LogP contribution in [0.3, 0.4) is 0 Å². The summed E-state index contributed by atoms with van der Waals surface area (Å²) in [5, 5.41) is 5.39. The molecule has 0 nitrogen and oxygen atoms in total. The van der Waals surface area contributed by atoms with Gasteiger partial charge in [0.2, 0.25) is 0 Å². The molecule has 0 spiro atoms. The van der Waals surface area contributed by atoms with E-state index in [1.165, 1.54) is 21.5 Å². The molecule has 0 fully saturated rings. The predicted molar refractivity (Wildman–Crippen MR) is 145 cm³/mol. The summed E-state index contributed by atoms with van der Waals surface area (Å²) in [6.45, 7) is 6.03. The van der Waals surface area contributed by atoms with Crippen LogP contribution in [0.2, 0.25) is 0 Å². The van der Waals surface area contributed by atoms with E-state index in [4.69, 9.17) is 6.58 Å². The van der Waals surface area contributed by atoms with Gasteiger partial charge in [-0.25, -0.2) is 18.7 Å². The van der Waals surface area contributed by atoms with Crippen molar-refractivity contribution in [1.82, 2.24) is 0 Å². The summed E-state index contributed by atoms with van der Waals surface area (Å²) in [4.78, 5) is 0. The average Bonchev–Trinajstić information content (AvgIpc) is 3.57. The van der Waals surface area contributed by atoms with Crippen LogP contribution in [0.25, 0.3) is 27.1 Å². The summed E-state index contributed by atoms with van der Waals surface area (Å²) in [6.07, 6.45) is 0. The molecule has 34 heavy (non-hydrogen) atoms. The Hall–Kier alpha value is -3.28. The van der Waals surface area contributed by atoms with E-state index in [0.29, 0.717) is 0 Å². The van der Waals surface area contributed by atoms with Gasteiger partial charge in [0.15, 0.2) is 0 Å². The monoisotopic (exact) mass is 514 g/mol. The first kappa shape index (κ1) is 27.0. The maximum absolute atomic E-state index is 6.03. The number of fused-ring (bicyclic) bond motifs is 3. The second-order valence-electron chi connectivity index (χ2n) is 7.43. The first-order valence-electron chi connectivity index (χ1n) is 10.8. The molecule has 0 heterocycles. The Balaban J connectivity index is 0.000000191. The van der Waals surface area contributed by atoms with Gasteiger partial charge in [-0.2, -0.15) is 23.8 Å². The van der Waals surface area contributed by atoms with E-state index < -0.39 is 0 Å². The van der Waals surface area contributed by atoms with Gasteiger partial charge in [0, 0.05) is 0 Å². The summed E-state index contributed by atoms with van der Waals surface area (Å²) < 4.78 is 0. The van der Waals surface area contributed by atoms with E-state index in [2.05, 4.69) is 54.6 Å². The summed E-state index contributed by atoms with van der Waals surface area (Å²) >= 11 is 0. The topological polar surface area (TPSA) is 0 Å². The van der Waals surface area contributed by atoms with Crippen molar-refractivity contribution >= 4 is 27.1 Å². The molecular formula is C33H28Zr. The fourth-order valence-electron chi connectivity index (χ4n) is 3.63. The first-order chi connectivity index (χ1) is 15.8. The molecule has 164 valence electrons. The van der Waals surface area contributed by atoms with Crippen LogP contribution in [0.15, 0.2) is 146 Å². The van der Waals surface area contributed by atoms with Gasteiger partial charge in [-0.3, -0.25) is 0 Å². The first-order valence-corrected chi connectivity index (χ1v) is 10.8. The number of hydrogen-bond acceptors (Lipinski definition) is 0. The molecule has 0 aliphatic carbocycles. The van der Waals surface area contributed by atoms with Crippen LogP contribution >= 0.6 is 0 Å². The minimum Gasteiger partial charge on any atom is -0.358 e. The number of benzene rings is 4. The quantitative estimate of drug-likeness (QED) is 0.202. The molecule has 0 amide bonds. The minimum absolute atomic E-state index is 0. The molecule has 0 unspecified atom stereocenters. The van der Waals surface area contributed by atoms with Gasteiger partial charge in [0.25, 0.3) is 0 Å². The van der Waals surface area contributed by atoms with Crippen molar-refractivity contribution < 1.29 is 26.2 Å². The summed E-state index contributed by atoms with van der Waals surface area (Å²) in [6, 6.07) is 49.3. The third kappa shape index (κ3) is 7.11. The van der Waals surface area contributed by atoms with E-state index in [9.17, 15) is 0 Å². The maximum atomic E-state index is 6.03. The van der Waals surface area contributed by atoms with Gasteiger partial charge in [0.05, 0.1) is 0 Å². The number of hydrogen-bond donors (Lipinski definition) is 0. The van der Waals surface area contributed by atoms with Gasteiger partial charge in [-0.1, -0.05) is 72.8 Å². The van der Waals surface area contributed by atoms with Gasteiger partial charge in [0.1, 0.15) is 0 Å². The molecule has 0 atom stereocenters. The van der Waals surface area contributed by atoms with E-state index in [-0.39, 0.29) is 33.6 Å². The number of rotatable bonds is 2. The molecule has 0 aliphatic heterocycles. The molecule has 1 heteroatoms. The Labute approximate surface area is 223 Å². The van der Waals surface area contributed by atoms with Gasteiger partial charge < -0.3 is 7.43 Å². The van der Waals surface area contributed by atoms with Crippen LogP contribution in [0, 0.1) is 14.0 Å². The van der Waals surface area contributed by atoms with Crippen LogP contribution in [0.5, 0.6) is 0 Å². The zero-order valence-electron chi connectivity index (χ0n) is 19.4. The third-order valence-electron chi connectivity index (χ3n) is 5.25. The summed E-state index contributed by atoms with van der Waals surface area (Å²) in [5.74, 6) is 0. The van der Waals surface area contributed by atoms with E-state index in [1.807, 2.05) is 91.0 Å². The normalized spacial score (nSPS) is 9.41. The van der Waals surface area contributed by atoms with Gasteiger partial charge in [-0.05, 0) is 0 Å². The summed E-state index contributed by atoms with van der Waals surface area (Å²) in [7, 11) is 0. The van der Waals surface area contributed by atoms with Crippen molar-refractivity contribution in [3.05, 3.63) is 171 Å². The van der Waals surface area contributed by atoms with Crippen LogP contribution < -0.4 is 0 Å². The largest absolute Gasteiger partial charge is 4.00 e. The molecule has 6 aromatic rings. The van der Waals surface area contributed by atoms with Crippen molar-refractivity contribution in [2.75, 3.05) is 0 Å². The molecule has 6 aromatic carbocycles. The van der Waals surface area contributed by atoms with Crippen molar-refractivity contribution in [2.45, 2.75) is 0 Å². The Bertz CT molecular complexity index is 1250. The smallest absolute Gasteiger partial charge is 0.358 e. The van der Waals surface area contributed by atoms with Crippen molar-refractivity contribution in [3.8, 4) is 0 Å². The molecule has 0 radical (unpaired) electrons. The molecule has 6 rings (SSSR count). The predicted octanol–water partition coefficient (Wildman–Crippen LogP) is 9.12. The third-order valence-corrected chi connectivity index (χ3v) is 5.25. The zero-order valence-corrected chi connectivity index (χ0v) is 21.9. The molecule has 0 saturated carbocycles. The Morgan fingerprint density at radius 2 is 0.882 bits per heavy atom. The molecular weight excluding hydrogens is 488 g/mol. The van der Waals surface area contributed by atoms with Crippen LogP contribution in [0.4, 0.5) is 0 Å². The molecule has 0 N–H and O–H groups in total. The average molecular weight is 516 g/mol. The Morgan fingerprint density at radius 3 is 1.26 bits per heavy atom. The molecule has 0 aliphatic rings. The van der Waals surface area contributed by atoms with Crippen LogP contribution in [-0.2, 0) is 26.2 Å². The maximum Gasteiger partial charge on any atom is 4.00 e. The van der Waals surface area contributed by atoms with E-state index >= 15 is 0 Å². The summed E-state index contributed by atoms with van der Waals surface area (Å²) in [5.41, 5.74) is 2.96. The van der Waals surface area contributed by atoms with Crippen molar-refractivity contribution in [2.24, 2.45) is 0 Å². The van der Waals surface area contributed by atoms with Crippen molar-refractivity contribution in [3.63, 3.8) is 0 Å². The van der Waals surface area contributed by atoms with E-state index in [0.717, 1.165) is 16.7 Å². The van der Waals surface area contributed by atoms with Crippen LogP contribution in [0.1, 0.15) is 11.1 Å². The van der Waals surface area contributed by atoms with Crippen LogP contribution in [-0.4, -0.2) is 0 Å². The molecule has 0 aromatic heterocycles. The Kier molecular flexibility index (Phi) is 11.2. The molecule has 0 bridgehead atoms. The second kappa shape index (κ2) is 14.1. The van der Waals surface area contributed by atoms with Gasteiger partial charge >= 0.3 is 26.2 Å². The standard InChI is InChI=1S/C14H11.C13H9.C5H5.CH3.Zr/c1-12(13-8-4-2-5-9-13)14-10-6-3-7-11-14;1-3-7-12-10(5-1)9-11-6-2-4-8-13(11)12;1-2-4-5-3-1;;/h1-11H;1-9H;1-5H;1H3;/q4*-1;+4. The molecule has 0 saturated heterocycles.